The average molecular weight is 271 g/mol. The minimum atomic E-state index is 0.830. The lowest BCUT2D eigenvalue weighted by Gasteiger charge is -1.99. The molecule has 0 spiro atoms. The number of allylic oxidation sites excluding steroid dienone is 4. The second-order valence-electron chi connectivity index (χ2n) is 4.95. The van der Waals surface area contributed by atoms with Crippen LogP contribution in [0.1, 0.15) is 77.6 Å². The Balaban J connectivity index is 3.10. The van der Waals surface area contributed by atoms with Crippen LogP contribution in [-0.4, -0.2) is 5.88 Å². The van der Waals surface area contributed by atoms with Gasteiger partial charge in [0.2, 0.25) is 0 Å². The molecule has 18 heavy (non-hydrogen) atoms. The first-order valence-electron chi connectivity index (χ1n) is 7.79. The molecule has 0 aromatic rings. The third-order valence-corrected chi connectivity index (χ3v) is 3.38. The molecule has 1 heteroatoms. The van der Waals surface area contributed by atoms with Crippen LogP contribution >= 0.6 is 11.6 Å². The number of unbranched alkanes of at least 4 members (excludes halogenated alkanes) is 9. The molecule has 0 aliphatic carbocycles. The molecule has 0 aliphatic rings. The lowest BCUT2D eigenvalue weighted by Crippen LogP contribution is -1.81. The maximum Gasteiger partial charge on any atom is 0.0223 e. The summed E-state index contributed by atoms with van der Waals surface area (Å²) >= 11 is 5.64. The molecule has 0 aromatic carbocycles. The number of halogens is 1. The van der Waals surface area contributed by atoms with Crippen LogP contribution in [-0.2, 0) is 0 Å². The Morgan fingerprint density at radius 2 is 1.17 bits per heavy atom. The van der Waals surface area contributed by atoms with Gasteiger partial charge >= 0.3 is 0 Å². The summed E-state index contributed by atoms with van der Waals surface area (Å²) < 4.78 is 0. The molecular formula is C17H31Cl. The molecule has 0 aromatic heterocycles. The van der Waals surface area contributed by atoms with Crippen molar-refractivity contribution in [3.05, 3.63) is 24.3 Å². The Labute approximate surface area is 120 Å². The summed E-state index contributed by atoms with van der Waals surface area (Å²) in [5, 5.41) is 0. The molecule has 0 N–H and O–H groups in total. The minimum Gasteiger partial charge on any atom is -0.127 e. The van der Waals surface area contributed by atoms with Crippen LogP contribution in [0.4, 0.5) is 0 Å². The Bertz CT molecular complexity index is 194. The predicted molar refractivity (Wildman–Crippen MR) is 85.5 cm³/mol. The van der Waals surface area contributed by atoms with Gasteiger partial charge in [-0.15, -0.1) is 11.6 Å². The Morgan fingerprint density at radius 3 is 1.72 bits per heavy atom. The first-order chi connectivity index (χ1) is 8.91. The van der Waals surface area contributed by atoms with Crippen LogP contribution in [0.5, 0.6) is 0 Å². The van der Waals surface area contributed by atoms with Gasteiger partial charge in [-0.25, -0.2) is 0 Å². The Morgan fingerprint density at radius 1 is 0.667 bits per heavy atom. The zero-order chi connectivity index (χ0) is 13.3. The van der Waals surface area contributed by atoms with Gasteiger partial charge in [-0.1, -0.05) is 76.2 Å². The van der Waals surface area contributed by atoms with E-state index < -0.39 is 0 Å². The highest BCUT2D eigenvalue weighted by atomic mass is 35.5. The number of rotatable bonds is 13. The van der Waals surface area contributed by atoms with Gasteiger partial charge in [-0.3, -0.25) is 0 Å². The molecule has 0 saturated heterocycles. The molecule has 0 amide bonds. The molecule has 0 saturated carbocycles. The quantitative estimate of drug-likeness (QED) is 0.200. The van der Waals surface area contributed by atoms with E-state index in [-0.39, 0.29) is 0 Å². The second-order valence-corrected chi connectivity index (χ2v) is 5.33. The van der Waals surface area contributed by atoms with Crippen molar-refractivity contribution in [2.45, 2.75) is 77.6 Å². The molecular weight excluding hydrogens is 240 g/mol. The van der Waals surface area contributed by atoms with Gasteiger partial charge in [0.15, 0.2) is 0 Å². The topological polar surface area (TPSA) is 0 Å². The fourth-order valence-electron chi connectivity index (χ4n) is 1.91. The van der Waals surface area contributed by atoms with E-state index in [1.165, 1.54) is 70.6 Å². The third kappa shape index (κ3) is 15.8. The summed E-state index contributed by atoms with van der Waals surface area (Å²) in [4.78, 5) is 0. The molecule has 0 rings (SSSR count). The maximum atomic E-state index is 5.64. The van der Waals surface area contributed by atoms with Crippen LogP contribution in [0.15, 0.2) is 24.3 Å². The van der Waals surface area contributed by atoms with Gasteiger partial charge in [0.05, 0.1) is 0 Å². The van der Waals surface area contributed by atoms with Crippen LogP contribution in [0, 0.1) is 0 Å². The van der Waals surface area contributed by atoms with Crippen LogP contribution in [0.25, 0.3) is 0 Å². The van der Waals surface area contributed by atoms with Crippen molar-refractivity contribution in [1.82, 2.24) is 0 Å². The standard InChI is InChI=1S/C17H31Cl/c1-2-3-4-5-6-7-8-9-10-11-12-13-14-15-16-17-18/h5-8H,2-4,9-17H2,1H3/b6-5-,8-7+. The van der Waals surface area contributed by atoms with Crippen molar-refractivity contribution >= 4 is 11.6 Å². The molecule has 106 valence electrons. The van der Waals surface area contributed by atoms with E-state index in [1.807, 2.05) is 0 Å². The van der Waals surface area contributed by atoms with Crippen molar-refractivity contribution < 1.29 is 0 Å². The van der Waals surface area contributed by atoms with Crippen molar-refractivity contribution in [2.75, 3.05) is 5.88 Å². The third-order valence-electron chi connectivity index (χ3n) is 3.11. The second kappa shape index (κ2) is 16.8. The Kier molecular flexibility index (Phi) is 16.6. The largest absolute Gasteiger partial charge is 0.127 e. The normalized spacial score (nSPS) is 11.9. The molecule has 0 nitrogen and oxygen atoms in total. The highest BCUT2D eigenvalue weighted by Gasteiger charge is 1.90. The smallest absolute Gasteiger partial charge is 0.0223 e. The molecule has 0 bridgehead atoms. The minimum absolute atomic E-state index is 0.830. The van der Waals surface area contributed by atoms with E-state index >= 15 is 0 Å². The van der Waals surface area contributed by atoms with Crippen molar-refractivity contribution in [2.24, 2.45) is 0 Å². The molecule has 0 aliphatic heterocycles. The highest BCUT2D eigenvalue weighted by molar-refractivity contribution is 6.17. The summed E-state index contributed by atoms with van der Waals surface area (Å²) in [6.07, 6.45) is 23.4. The number of hydrogen-bond donors (Lipinski definition) is 0. The summed E-state index contributed by atoms with van der Waals surface area (Å²) in [5.74, 6) is 0.830. The van der Waals surface area contributed by atoms with Gasteiger partial charge in [0, 0.05) is 5.88 Å². The molecule has 0 unspecified atom stereocenters. The first-order valence-corrected chi connectivity index (χ1v) is 8.33. The number of hydrogen-bond acceptors (Lipinski definition) is 0. The van der Waals surface area contributed by atoms with Gasteiger partial charge in [0.25, 0.3) is 0 Å². The zero-order valence-electron chi connectivity index (χ0n) is 12.2. The van der Waals surface area contributed by atoms with E-state index in [1.54, 1.807) is 0 Å². The fraction of sp³-hybridized carbons (Fsp3) is 0.765. The van der Waals surface area contributed by atoms with E-state index in [4.69, 9.17) is 11.6 Å². The first kappa shape index (κ1) is 17.8. The molecule has 0 heterocycles. The van der Waals surface area contributed by atoms with Gasteiger partial charge < -0.3 is 0 Å². The predicted octanol–water partition coefficient (Wildman–Crippen LogP) is 6.65. The van der Waals surface area contributed by atoms with E-state index in [9.17, 15) is 0 Å². The Hall–Kier alpha value is -0.230. The molecule has 0 radical (unpaired) electrons. The lowest BCUT2D eigenvalue weighted by molar-refractivity contribution is 0.593. The lowest BCUT2D eigenvalue weighted by atomic mass is 10.1. The van der Waals surface area contributed by atoms with Crippen molar-refractivity contribution in [3.63, 3.8) is 0 Å². The van der Waals surface area contributed by atoms with E-state index in [0.717, 1.165) is 5.88 Å². The SMILES string of the molecule is CCCC/C=C\C=C\CCCCCCCCCCl. The highest BCUT2D eigenvalue weighted by Crippen LogP contribution is 2.09. The van der Waals surface area contributed by atoms with Crippen molar-refractivity contribution in [1.29, 1.82) is 0 Å². The fourth-order valence-corrected chi connectivity index (χ4v) is 2.10. The zero-order valence-corrected chi connectivity index (χ0v) is 12.9. The van der Waals surface area contributed by atoms with Crippen molar-refractivity contribution in [3.8, 4) is 0 Å². The number of alkyl halides is 1. The summed E-state index contributed by atoms with van der Waals surface area (Å²) in [6, 6.07) is 0. The van der Waals surface area contributed by atoms with E-state index in [0.29, 0.717) is 0 Å². The van der Waals surface area contributed by atoms with Gasteiger partial charge in [0.1, 0.15) is 0 Å². The summed E-state index contributed by atoms with van der Waals surface area (Å²) in [7, 11) is 0. The summed E-state index contributed by atoms with van der Waals surface area (Å²) in [5.41, 5.74) is 0. The molecule has 0 fully saturated rings. The molecule has 0 atom stereocenters. The summed E-state index contributed by atoms with van der Waals surface area (Å²) in [6.45, 7) is 2.24. The van der Waals surface area contributed by atoms with Crippen LogP contribution < -0.4 is 0 Å². The van der Waals surface area contributed by atoms with Gasteiger partial charge in [-0.2, -0.15) is 0 Å². The van der Waals surface area contributed by atoms with Crippen LogP contribution in [0.3, 0.4) is 0 Å². The monoisotopic (exact) mass is 270 g/mol. The maximum absolute atomic E-state index is 5.64. The average Bonchev–Trinajstić information content (AvgIpc) is 2.39. The van der Waals surface area contributed by atoms with Gasteiger partial charge in [-0.05, 0) is 25.7 Å². The van der Waals surface area contributed by atoms with E-state index in [2.05, 4.69) is 31.2 Å². The van der Waals surface area contributed by atoms with Crippen LogP contribution in [0.2, 0.25) is 0 Å².